The highest BCUT2D eigenvalue weighted by atomic mass is 35.5. The van der Waals surface area contributed by atoms with Crippen LogP contribution in [0, 0.1) is 0 Å². The predicted octanol–water partition coefficient (Wildman–Crippen LogP) is 4.44. The maximum atomic E-state index is 12.1. The number of fused-ring (bicyclic) bond motifs is 1. The van der Waals surface area contributed by atoms with Crippen LogP contribution in [0.2, 0.25) is 10.0 Å². The first kappa shape index (κ1) is 19.3. The Hall–Kier alpha value is -2.50. The highest BCUT2D eigenvalue weighted by Gasteiger charge is 2.15. The number of rotatable bonds is 6. The molecule has 1 atom stereocenters. The van der Waals surface area contributed by atoms with Crippen molar-refractivity contribution >= 4 is 46.0 Å². The maximum absolute atomic E-state index is 12.1. The molecular weight excluding hydrogens is 387 g/mol. The molecule has 0 unspecified atom stereocenters. The van der Waals surface area contributed by atoms with Crippen molar-refractivity contribution in [2.45, 2.75) is 19.4 Å². The number of aromatic nitrogens is 1. The second-order valence-corrected chi connectivity index (χ2v) is 7.00. The lowest BCUT2D eigenvalue weighted by atomic mass is 10.1. The van der Waals surface area contributed by atoms with Crippen LogP contribution in [0.15, 0.2) is 48.7 Å². The van der Waals surface area contributed by atoms with Crippen molar-refractivity contribution in [2.24, 2.45) is 0 Å². The Kier molecular flexibility index (Phi) is 6.04. The number of aromatic amines is 1. The summed E-state index contributed by atoms with van der Waals surface area (Å²) >= 11 is 12.0. The number of halogens is 2. The van der Waals surface area contributed by atoms with Crippen molar-refractivity contribution in [3.63, 3.8) is 0 Å². The van der Waals surface area contributed by atoms with Gasteiger partial charge in [0.25, 0.3) is 5.91 Å². The number of benzene rings is 2. The van der Waals surface area contributed by atoms with Gasteiger partial charge in [-0.15, -0.1) is 0 Å². The molecule has 7 heteroatoms. The smallest absolute Gasteiger partial charge is 0.310 e. The van der Waals surface area contributed by atoms with Crippen molar-refractivity contribution in [1.82, 2.24) is 10.3 Å². The van der Waals surface area contributed by atoms with Gasteiger partial charge >= 0.3 is 5.97 Å². The van der Waals surface area contributed by atoms with Gasteiger partial charge in [-0.1, -0.05) is 47.5 Å². The van der Waals surface area contributed by atoms with Crippen LogP contribution in [-0.2, 0) is 20.7 Å². The van der Waals surface area contributed by atoms with Gasteiger partial charge in [0, 0.05) is 27.1 Å². The summed E-state index contributed by atoms with van der Waals surface area (Å²) < 4.78 is 5.09. The molecule has 0 aliphatic rings. The van der Waals surface area contributed by atoms with Crippen LogP contribution in [0.4, 0.5) is 0 Å². The molecule has 0 aliphatic carbocycles. The van der Waals surface area contributed by atoms with Gasteiger partial charge in [-0.2, -0.15) is 0 Å². The lowest BCUT2D eigenvalue weighted by Gasteiger charge is -2.16. The highest BCUT2D eigenvalue weighted by molar-refractivity contribution is 6.35. The predicted molar refractivity (Wildman–Crippen MR) is 106 cm³/mol. The first-order chi connectivity index (χ1) is 12.9. The molecule has 3 aromatic rings. The summed E-state index contributed by atoms with van der Waals surface area (Å²) in [6.07, 6.45) is 1.87. The van der Waals surface area contributed by atoms with Crippen molar-refractivity contribution in [3.8, 4) is 0 Å². The zero-order valence-corrected chi connectivity index (χ0v) is 16.1. The van der Waals surface area contributed by atoms with E-state index in [0.29, 0.717) is 10.0 Å². The van der Waals surface area contributed by atoms with Gasteiger partial charge in [0.2, 0.25) is 0 Å². The molecule has 27 heavy (non-hydrogen) atoms. The van der Waals surface area contributed by atoms with Crippen molar-refractivity contribution in [3.05, 3.63) is 69.8 Å². The third kappa shape index (κ3) is 4.81. The van der Waals surface area contributed by atoms with Crippen LogP contribution in [0.3, 0.4) is 0 Å². The molecule has 2 aromatic carbocycles. The number of carbonyl (C=O) groups excluding carboxylic acids is 2. The van der Waals surface area contributed by atoms with Gasteiger partial charge in [0.05, 0.1) is 12.5 Å². The lowest BCUT2D eigenvalue weighted by Crippen LogP contribution is -2.31. The van der Waals surface area contributed by atoms with E-state index in [1.165, 1.54) is 0 Å². The number of amides is 1. The summed E-state index contributed by atoms with van der Waals surface area (Å²) in [6, 6.07) is 12.4. The van der Waals surface area contributed by atoms with Gasteiger partial charge < -0.3 is 15.0 Å². The average Bonchev–Trinajstić information content (AvgIpc) is 3.03. The van der Waals surface area contributed by atoms with Crippen LogP contribution < -0.4 is 5.32 Å². The van der Waals surface area contributed by atoms with Gasteiger partial charge in [-0.3, -0.25) is 9.59 Å². The molecule has 2 N–H and O–H groups in total. The highest BCUT2D eigenvalue weighted by Crippen LogP contribution is 2.26. The van der Waals surface area contributed by atoms with Gasteiger partial charge in [0.1, 0.15) is 0 Å². The van der Waals surface area contributed by atoms with Crippen molar-refractivity contribution < 1.29 is 14.3 Å². The summed E-state index contributed by atoms with van der Waals surface area (Å²) in [5.74, 6) is -0.868. The number of H-pyrrole nitrogens is 1. The zero-order valence-electron chi connectivity index (χ0n) is 14.6. The fourth-order valence-corrected chi connectivity index (χ4v) is 3.42. The number of ether oxygens (including phenoxy) is 1. The number of hydrogen-bond acceptors (Lipinski definition) is 3. The Morgan fingerprint density at radius 1 is 1.19 bits per heavy atom. The van der Waals surface area contributed by atoms with Crippen LogP contribution in [0.1, 0.15) is 24.1 Å². The number of carbonyl (C=O) groups is 2. The third-order valence-corrected chi connectivity index (χ3v) is 4.74. The Morgan fingerprint density at radius 3 is 2.74 bits per heavy atom. The number of para-hydroxylation sites is 1. The maximum Gasteiger partial charge on any atom is 0.310 e. The van der Waals surface area contributed by atoms with Crippen LogP contribution in [0.5, 0.6) is 0 Å². The average molecular weight is 405 g/mol. The molecule has 0 saturated carbocycles. The Balaban J connectivity index is 1.52. The van der Waals surface area contributed by atoms with Gasteiger partial charge in [-0.05, 0) is 36.2 Å². The van der Waals surface area contributed by atoms with Crippen LogP contribution >= 0.6 is 23.2 Å². The molecule has 0 radical (unpaired) electrons. The van der Waals surface area contributed by atoms with E-state index in [2.05, 4.69) is 10.3 Å². The van der Waals surface area contributed by atoms with E-state index in [-0.39, 0.29) is 19.1 Å². The first-order valence-corrected chi connectivity index (χ1v) is 9.14. The topological polar surface area (TPSA) is 71.2 Å². The summed E-state index contributed by atoms with van der Waals surface area (Å²) in [7, 11) is 0. The summed E-state index contributed by atoms with van der Waals surface area (Å²) in [5, 5.41) is 4.70. The SMILES string of the molecule is C[C@@H](NC(=O)COC(=O)Cc1c[nH]c2ccccc12)c1ccc(Cl)cc1Cl. The molecule has 0 fully saturated rings. The normalized spacial score (nSPS) is 12.0. The van der Waals surface area contributed by atoms with E-state index in [4.69, 9.17) is 27.9 Å². The summed E-state index contributed by atoms with van der Waals surface area (Å²) in [5.41, 5.74) is 2.52. The molecule has 1 heterocycles. The van der Waals surface area contributed by atoms with E-state index in [9.17, 15) is 9.59 Å². The quantitative estimate of drug-likeness (QED) is 0.596. The van der Waals surface area contributed by atoms with E-state index in [1.807, 2.05) is 24.3 Å². The minimum Gasteiger partial charge on any atom is -0.455 e. The van der Waals surface area contributed by atoms with Crippen molar-refractivity contribution in [2.75, 3.05) is 6.61 Å². The molecule has 5 nitrogen and oxygen atoms in total. The van der Waals surface area contributed by atoms with Gasteiger partial charge in [-0.25, -0.2) is 0 Å². The second-order valence-electron chi connectivity index (χ2n) is 6.15. The molecule has 1 aromatic heterocycles. The summed E-state index contributed by atoms with van der Waals surface area (Å²) in [6.45, 7) is 1.44. The Labute approximate surface area is 166 Å². The number of esters is 1. The van der Waals surface area contributed by atoms with E-state index >= 15 is 0 Å². The minimum atomic E-state index is -0.466. The van der Waals surface area contributed by atoms with E-state index < -0.39 is 11.9 Å². The molecule has 1 amide bonds. The van der Waals surface area contributed by atoms with Crippen molar-refractivity contribution in [1.29, 1.82) is 0 Å². The Morgan fingerprint density at radius 2 is 1.96 bits per heavy atom. The molecular formula is C20H18Cl2N2O3. The summed E-state index contributed by atoms with van der Waals surface area (Å²) in [4.78, 5) is 27.2. The molecule has 0 spiro atoms. The van der Waals surface area contributed by atoms with Gasteiger partial charge in [0.15, 0.2) is 6.61 Å². The Bertz CT molecular complexity index is 984. The first-order valence-electron chi connectivity index (χ1n) is 8.39. The fraction of sp³-hybridized carbons (Fsp3) is 0.200. The molecule has 3 rings (SSSR count). The molecule has 0 saturated heterocycles. The monoisotopic (exact) mass is 404 g/mol. The molecule has 0 bridgehead atoms. The number of hydrogen-bond donors (Lipinski definition) is 2. The minimum absolute atomic E-state index is 0.0931. The van der Waals surface area contributed by atoms with Crippen LogP contribution in [-0.4, -0.2) is 23.5 Å². The third-order valence-electron chi connectivity index (χ3n) is 4.18. The standard InChI is InChI=1S/C20H18Cl2N2O3/c1-12(15-7-6-14(21)9-17(15)22)24-19(25)11-27-20(26)8-13-10-23-18-5-3-2-4-16(13)18/h2-7,9-10,12,23H,8,11H2,1H3,(H,24,25)/t12-/m1/s1. The van der Waals surface area contributed by atoms with E-state index in [0.717, 1.165) is 22.0 Å². The zero-order chi connectivity index (χ0) is 19.4. The molecule has 0 aliphatic heterocycles. The van der Waals surface area contributed by atoms with E-state index in [1.54, 1.807) is 31.3 Å². The largest absolute Gasteiger partial charge is 0.455 e. The fourth-order valence-electron chi connectivity index (χ4n) is 2.84. The van der Waals surface area contributed by atoms with Crippen LogP contribution in [0.25, 0.3) is 10.9 Å². The molecule has 140 valence electrons. The second kappa shape index (κ2) is 8.46. The lowest BCUT2D eigenvalue weighted by molar-refractivity contribution is -0.148. The number of nitrogens with one attached hydrogen (secondary N) is 2.